The first-order valence-corrected chi connectivity index (χ1v) is 21.6. The summed E-state index contributed by atoms with van der Waals surface area (Å²) in [6, 6.07) is 0. The molecule has 0 saturated heterocycles. The Balaban J connectivity index is -0.000000184. The van der Waals surface area contributed by atoms with Gasteiger partial charge in [-0.3, -0.25) is 0 Å². The average molecular weight is 763 g/mol. The van der Waals surface area contributed by atoms with Crippen molar-refractivity contribution in [3.05, 3.63) is 0 Å². The van der Waals surface area contributed by atoms with E-state index in [1.165, 1.54) is 96.3 Å². The first-order chi connectivity index (χ1) is 21.2. The molecule has 0 N–H and O–H groups in total. The molecule has 0 aromatic heterocycles. The van der Waals surface area contributed by atoms with Gasteiger partial charge < -0.3 is 56.6 Å². The second-order valence-corrected chi connectivity index (χ2v) is 14.7. The summed E-state index contributed by atoms with van der Waals surface area (Å²) in [4.78, 5) is 60.5. The minimum Gasteiger partial charge on any atom is -0.790 e. The maximum absolute atomic E-state index is 10.1. The van der Waals surface area contributed by atoms with E-state index in [0.717, 1.165) is 38.5 Å². The van der Waals surface area contributed by atoms with E-state index in [1.807, 2.05) is 0 Å². The summed E-state index contributed by atoms with van der Waals surface area (Å²) >= 11 is 0. The minimum absolute atomic E-state index is 0. The zero-order chi connectivity index (χ0) is 34.7. The molecule has 0 amide bonds. The largest absolute Gasteiger partial charge is 3.00 e. The van der Waals surface area contributed by atoms with Gasteiger partial charge in [0.25, 0.3) is 0 Å². The molecular formula is C30H63Al2O12P3. The van der Waals surface area contributed by atoms with Crippen molar-refractivity contribution in [3.63, 3.8) is 0 Å². The van der Waals surface area contributed by atoms with Gasteiger partial charge in [-0.05, 0) is 19.3 Å². The van der Waals surface area contributed by atoms with Crippen molar-refractivity contribution < 1.29 is 56.6 Å². The van der Waals surface area contributed by atoms with E-state index in [9.17, 15) is 43.1 Å². The molecule has 0 bridgehead atoms. The van der Waals surface area contributed by atoms with Crippen molar-refractivity contribution in [1.82, 2.24) is 0 Å². The molecule has 0 aromatic carbocycles. The van der Waals surface area contributed by atoms with Crippen LogP contribution in [0.15, 0.2) is 0 Å². The van der Waals surface area contributed by atoms with Crippen molar-refractivity contribution in [3.8, 4) is 0 Å². The molecule has 0 aromatic rings. The normalized spacial score (nSPS) is 11.4. The first kappa shape index (κ1) is 57.7. The van der Waals surface area contributed by atoms with Crippen molar-refractivity contribution in [2.45, 2.75) is 175 Å². The maximum Gasteiger partial charge on any atom is 3.00 e. The van der Waals surface area contributed by atoms with Gasteiger partial charge in [0.1, 0.15) is 0 Å². The number of hydrogen-bond donors (Lipinski definition) is 0. The van der Waals surface area contributed by atoms with E-state index < -0.39 is 23.5 Å². The number of phosphoric acid groups is 3. The fraction of sp³-hybridized carbons (Fsp3) is 1.00. The SMILES string of the molecule is CCCCCCCCCCOP(=O)([O-])[O-].CCCCCCCCCCOP(=O)([O-])[O-].CCCCCCCCCCOP(=O)([O-])[O-].[Al+3].[Al+3]. The predicted octanol–water partition coefficient (Wildman–Crippen LogP) is 5.16. The Labute approximate surface area is 308 Å². The standard InChI is InChI=1S/3C10H23O4P.2Al/c3*1-2-3-4-5-6-7-8-9-10-14-15(11,12)13;;/h3*2-10H2,1H3,(H2,11,12,13);;/q;;;2*+3/p-6. The molecule has 0 aliphatic rings. The Morgan fingerprint density at radius 1 is 0.319 bits per heavy atom. The van der Waals surface area contributed by atoms with Crippen LogP contribution in [0.3, 0.4) is 0 Å². The third-order valence-corrected chi connectivity index (χ3v) is 8.24. The molecule has 0 aliphatic carbocycles. The summed E-state index contributed by atoms with van der Waals surface area (Å²) < 4.78 is 42.6. The van der Waals surface area contributed by atoms with E-state index in [0.29, 0.717) is 19.3 Å². The van der Waals surface area contributed by atoms with E-state index in [4.69, 9.17) is 0 Å². The van der Waals surface area contributed by atoms with Crippen LogP contribution in [-0.4, -0.2) is 54.5 Å². The van der Waals surface area contributed by atoms with Crippen molar-refractivity contribution >= 4 is 58.2 Å². The smallest absolute Gasteiger partial charge is 0.790 e. The Morgan fingerprint density at radius 3 is 0.617 bits per heavy atom. The summed E-state index contributed by atoms with van der Waals surface area (Å²) in [5.74, 6) is 0. The van der Waals surface area contributed by atoms with Gasteiger partial charge >= 0.3 is 34.7 Å². The number of unbranched alkanes of at least 4 members (excludes halogenated alkanes) is 21. The minimum atomic E-state index is -4.74. The summed E-state index contributed by atoms with van der Waals surface area (Å²) in [5.41, 5.74) is 0. The van der Waals surface area contributed by atoms with E-state index >= 15 is 0 Å². The Hall–Kier alpha value is 1.39. The molecule has 17 heteroatoms. The summed E-state index contributed by atoms with van der Waals surface area (Å²) in [7, 11) is -14.2. The summed E-state index contributed by atoms with van der Waals surface area (Å²) in [6.07, 6.45) is 26.8. The third kappa shape index (κ3) is 69.8. The van der Waals surface area contributed by atoms with Crippen LogP contribution in [-0.2, 0) is 27.3 Å². The average Bonchev–Trinajstić information content (AvgIpc) is 2.93. The van der Waals surface area contributed by atoms with Gasteiger partial charge in [0.15, 0.2) is 0 Å². The van der Waals surface area contributed by atoms with Crippen LogP contribution in [0.2, 0.25) is 0 Å². The Kier molecular flexibility index (Phi) is 51.4. The van der Waals surface area contributed by atoms with Gasteiger partial charge in [0, 0.05) is 0 Å². The maximum atomic E-state index is 10.1. The molecule has 0 atom stereocenters. The molecule has 0 fully saturated rings. The zero-order valence-electron chi connectivity index (χ0n) is 29.5. The second kappa shape index (κ2) is 41.8. The third-order valence-electron chi connectivity index (χ3n) is 6.74. The van der Waals surface area contributed by atoms with Gasteiger partial charge in [0.2, 0.25) is 0 Å². The fourth-order valence-corrected chi connectivity index (χ4v) is 5.30. The van der Waals surface area contributed by atoms with Gasteiger partial charge in [-0.1, -0.05) is 156 Å². The molecule has 0 rings (SSSR count). The zero-order valence-corrected chi connectivity index (χ0v) is 34.5. The van der Waals surface area contributed by atoms with Crippen LogP contribution in [0.4, 0.5) is 0 Å². The van der Waals surface area contributed by atoms with Crippen LogP contribution in [0.1, 0.15) is 175 Å². The molecule has 0 radical (unpaired) electrons. The van der Waals surface area contributed by atoms with Crippen molar-refractivity contribution in [2.75, 3.05) is 19.8 Å². The molecule has 0 aliphatic heterocycles. The van der Waals surface area contributed by atoms with Crippen molar-refractivity contribution in [1.29, 1.82) is 0 Å². The van der Waals surface area contributed by atoms with E-state index in [1.54, 1.807) is 0 Å². The number of hydrogen-bond acceptors (Lipinski definition) is 12. The van der Waals surface area contributed by atoms with Crippen molar-refractivity contribution in [2.24, 2.45) is 0 Å². The van der Waals surface area contributed by atoms with Crippen LogP contribution in [0.25, 0.3) is 0 Å². The Morgan fingerprint density at radius 2 is 0.468 bits per heavy atom. The summed E-state index contributed by atoms with van der Waals surface area (Å²) in [5, 5.41) is 0. The first-order valence-electron chi connectivity index (χ1n) is 17.2. The fourth-order valence-electron chi connectivity index (χ4n) is 4.24. The molecule has 0 heterocycles. The van der Waals surface area contributed by atoms with Gasteiger partial charge in [-0.15, -0.1) is 0 Å². The molecule has 276 valence electrons. The van der Waals surface area contributed by atoms with Crippen LogP contribution in [0.5, 0.6) is 0 Å². The Bertz CT molecular complexity index is 642. The molecule has 0 spiro atoms. The molecule has 0 saturated carbocycles. The molecule has 47 heavy (non-hydrogen) atoms. The molecule has 12 nitrogen and oxygen atoms in total. The van der Waals surface area contributed by atoms with Crippen LogP contribution in [0, 0.1) is 0 Å². The van der Waals surface area contributed by atoms with Crippen LogP contribution >= 0.6 is 23.5 Å². The molecule has 0 unspecified atom stereocenters. The quantitative estimate of drug-likeness (QED) is 0.0527. The molecular weight excluding hydrogens is 699 g/mol. The number of phosphoric ester groups is 3. The monoisotopic (exact) mass is 762 g/mol. The van der Waals surface area contributed by atoms with Crippen LogP contribution < -0.4 is 29.4 Å². The van der Waals surface area contributed by atoms with E-state index in [2.05, 4.69) is 34.3 Å². The second-order valence-electron chi connectivity index (χ2n) is 11.3. The van der Waals surface area contributed by atoms with Gasteiger partial charge in [-0.2, -0.15) is 0 Å². The number of rotatable bonds is 30. The van der Waals surface area contributed by atoms with E-state index in [-0.39, 0.29) is 54.5 Å². The van der Waals surface area contributed by atoms with Gasteiger partial charge in [-0.25, -0.2) is 0 Å². The summed E-state index contributed by atoms with van der Waals surface area (Å²) in [6.45, 7) is 6.67. The topological polar surface area (TPSA) is 217 Å². The predicted molar refractivity (Wildman–Crippen MR) is 180 cm³/mol. The van der Waals surface area contributed by atoms with Gasteiger partial charge in [0.05, 0.1) is 43.3 Å².